The van der Waals surface area contributed by atoms with Gasteiger partial charge in [0.25, 0.3) is 0 Å². The van der Waals surface area contributed by atoms with Crippen molar-refractivity contribution in [2.75, 3.05) is 11.9 Å². The van der Waals surface area contributed by atoms with Gasteiger partial charge in [0.1, 0.15) is 5.82 Å². The number of carbonyl (C=O) groups is 1. The minimum absolute atomic E-state index is 0.0297. The fourth-order valence-corrected chi connectivity index (χ4v) is 2.18. The summed E-state index contributed by atoms with van der Waals surface area (Å²) >= 11 is 3.02. The molecule has 0 saturated carbocycles. The Morgan fingerprint density at radius 3 is 2.68 bits per heavy atom. The van der Waals surface area contributed by atoms with E-state index in [4.69, 9.17) is 5.73 Å². The van der Waals surface area contributed by atoms with Gasteiger partial charge in [-0.1, -0.05) is 6.92 Å². The molecule has 106 valence electrons. The number of nitrogens with one attached hydrogen (secondary N) is 1. The van der Waals surface area contributed by atoms with Gasteiger partial charge in [0.15, 0.2) is 5.82 Å². The minimum atomic E-state index is -0.796. The molecule has 0 saturated heterocycles. The van der Waals surface area contributed by atoms with Gasteiger partial charge in [-0.2, -0.15) is 0 Å². The lowest BCUT2D eigenvalue weighted by Crippen LogP contribution is -2.15. The molecule has 1 atom stereocenters. The monoisotopic (exact) mass is 334 g/mol. The Labute approximate surface area is 119 Å². The SMILES string of the molecule is CC(CCN)CCC(=O)Nc1c(F)cc(F)cc1Br. The molecule has 0 aromatic heterocycles. The zero-order valence-electron chi connectivity index (χ0n) is 10.7. The molecule has 0 aliphatic rings. The molecular weight excluding hydrogens is 318 g/mol. The first-order valence-corrected chi connectivity index (χ1v) is 6.87. The van der Waals surface area contributed by atoms with Crippen LogP contribution in [0.3, 0.4) is 0 Å². The van der Waals surface area contributed by atoms with Gasteiger partial charge in [-0.15, -0.1) is 0 Å². The largest absolute Gasteiger partial charge is 0.330 e. The summed E-state index contributed by atoms with van der Waals surface area (Å²) in [6.07, 6.45) is 1.82. The Hall–Kier alpha value is -1.01. The predicted molar refractivity (Wildman–Crippen MR) is 74.8 cm³/mol. The van der Waals surface area contributed by atoms with E-state index in [1.54, 1.807) is 0 Å². The Morgan fingerprint density at radius 2 is 2.11 bits per heavy atom. The third-order valence-electron chi connectivity index (χ3n) is 2.79. The zero-order chi connectivity index (χ0) is 14.4. The summed E-state index contributed by atoms with van der Waals surface area (Å²) in [5.41, 5.74) is 5.39. The highest BCUT2D eigenvalue weighted by Gasteiger charge is 2.13. The van der Waals surface area contributed by atoms with E-state index in [1.165, 1.54) is 0 Å². The third-order valence-corrected chi connectivity index (χ3v) is 3.42. The fourth-order valence-electron chi connectivity index (χ4n) is 1.67. The van der Waals surface area contributed by atoms with E-state index in [1.807, 2.05) is 6.92 Å². The molecule has 1 unspecified atom stereocenters. The molecule has 0 bridgehead atoms. The lowest BCUT2D eigenvalue weighted by Gasteiger charge is -2.11. The van der Waals surface area contributed by atoms with Crippen LogP contribution in [0, 0.1) is 17.6 Å². The Morgan fingerprint density at radius 1 is 1.42 bits per heavy atom. The fraction of sp³-hybridized carbons (Fsp3) is 0.462. The van der Waals surface area contributed by atoms with Crippen molar-refractivity contribution < 1.29 is 13.6 Å². The van der Waals surface area contributed by atoms with Crippen molar-refractivity contribution in [3.63, 3.8) is 0 Å². The molecule has 0 fully saturated rings. The van der Waals surface area contributed by atoms with Gasteiger partial charge in [0, 0.05) is 17.0 Å². The molecule has 19 heavy (non-hydrogen) atoms. The average molecular weight is 335 g/mol. The molecule has 0 aliphatic heterocycles. The number of nitrogens with two attached hydrogens (primary N) is 1. The predicted octanol–water partition coefficient (Wildman–Crippen LogP) is 3.43. The molecule has 3 N–H and O–H groups in total. The number of carbonyl (C=O) groups excluding carboxylic acids is 1. The highest BCUT2D eigenvalue weighted by atomic mass is 79.9. The second-order valence-corrected chi connectivity index (χ2v) is 5.37. The number of halogens is 3. The van der Waals surface area contributed by atoms with Gasteiger partial charge >= 0.3 is 0 Å². The summed E-state index contributed by atoms with van der Waals surface area (Å²) in [5.74, 6) is -1.44. The van der Waals surface area contributed by atoms with Crippen LogP contribution in [-0.4, -0.2) is 12.5 Å². The van der Waals surface area contributed by atoms with E-state index in [0.717, 1.165) is 18.6 Å². The van der Waals surface area contributed by atoms with Crippen molar-refractivity contribution in [3.8, 4) is 0 Å². The summed E-state index contributed by atoms with van der Waals surface area (Å²) in [6, 6.07) is 1.84. The number of hydrogen-bond acceptors (Lipinski definition) is 2. The van der Waals surface area contributed by atoms with Crippen LogP contribution in [0.15, 0.2) is 16.6 Å². The first-order chi connectivity index (χ1) is 8.93. The quantitative estimate of drug-likeness (QED) is 0.837. The second-order valence-electron chi connectivity index (χ2n) is 4.51. The van der Waals surface area contributed by atoms with Crippen molar-refractivity contribution >= 4 is 27.5 Å². The van der Waals surface area contributed by atoms with Crippen LogP contribution in [0.4, 0.5) is 14.5 Å². The van der Waals surface area contributed by atoms with Gasteiger partial charge in [-0.3, -0.25) is 4.79 Å². The van der Waals surface area contributed by atoms with E-state index in [2.05, 4.69) is 21.2 Å². The van der Waals surface area contributed by atoms with E-state index >= 15 is 0 Å². The highest BCUT2D eigenvalue weighted by Crippen LogP contribution is 2.27. The van der Waals surface area contributed by atoms with E-state index in [-0.39, 0.29) is 22.5 Å². The van der Waals surface area contributed by atoms with Crippen molar-refractivity contribution in [3.05, 3.63) is 28.2 Å². The van der Waals surface area contributed by atoms with Crippen LogP contribution in [0.2, 0.25) is 0 Å². The van der Waals surface area contributed by atoms with Crippen molar-refractivity contribution in [2.24, 2.45) is 11.7 Å². The number of benzene rings is 1. The summed E-state index contributed by atoms with van der Waals surface area (Å²) in [7, 11) is 0. The smallest absolute Gasteiger partial charge is 0.224 e. The minimum Gasteiger partial charge on any atom is -0.330 e. The molecular formula is C13H17BrF2N2O. The molecule has 3 nitrogen and oxygen atoms in total. The van der Waals surface area contributed by atoms with Gasteiger partial charge in [-0.05, 0) is 47.3 Å². The first kappa shape index (κ1) is 16.0. The van der Waals surface area contributed by atoms with Crippen molar-refractivity contribution in [1.29, 1.82) is 0 Å². The molecule has 1 aromatic carbocycles. The molecule has 0 radical (unpaired) electrons. The Kier molecular flexibility index (Phi) is 6.37. The normalized spacial score (nSPS) is 12.3. The number of anilines is 1. The van der Waals surface area contributed by atoms with Gasteiger partial charge in [-0.25, -0.2) is 8.78 Å². The van der Waals surface area contributed by atoms with E-state index in [0.29, 0.717) is 18.9 Å². The molecule has 0 aliphatic carbocycles. The van der Waals surface area contributed by atoms with Crippen LogP contribution in [0.5, 0.6) is 0 Å². The maximum atomic E-state index is 13.5. The number of amides is 1. The molecule has 1 rings (SSSR count). The summed E-state index contributed by atoms with van der Waals surface area (Å²) in [5, 5.41) is 2.44. The van der Waals surface area contributed by atoms with Crippen LogP contribution < -0.4 is 11.1 Å². The molecule has 1 amide bonds. The van der Waals surface area contributed by atoms with Crippen LogP contribution in [0.1, 0.15) is 26.2 Å². The van der Waals surface area contributed by atoms with E-state index < -0.39 is 11.6 Å². The Bertz CT molecular complexity index is 431. The standard InChI is InChI=1S/C13H17BrF2N2O/c1-8(4-5-17)2-3-12(19)18-13-10(14)6-9(15)7-11(13)16/h6-8H,2-5,17H2,1H3,(H,18,19). The topological polar surface area (TPSA) is 55.1 Å². The maximum Gasteiger partial charge on any atom is 0.224 e. The van der Waals surface area contributed by atoms with E-state index in [9.17, 15) is 13.6 Å². The lowest BCUT2D eigenvalue weighted by molar-refractivity contribution is -0.116. The first-order valence-electron chi connectivity index (χ1n) is 6.08. The molecule has 1 aromatic rings. The molecule has 6 heteroatoms. The van der Waals surface area contributed by atoms with Crippen LogP contribution in [-0.2, 0) is 4.79 Å². The summed E-state index contributed by atoms with van der Waals surface area (Å²) in [4.78, 5) is 11.7. The zero-order valence-corrected chi connectivity index (χ0v) is 12.3. The maximum absolute atomic E-state index is 13.5. The van der Waals surface area contributed by atoms with Crippen LogP contribution in [0.25, 0.3) is 0 Å². The Balaban J connectivity index is 2.58. The highest BCUT2D eigenvalue weighted by molar-refractivity contribution is 9.10. The third kappa shape index (κ3) is 5.24. The van der Waals surface area contributed by atoms with Gasteiger partial charge in [0.2, 0.25) is 5.91 Å². The van der Waals surface area contributed by atoms with Crippen molar-refractivity contribution in [1.82, 2.24) is 0 Å². The van der Waals surface area contributed by atoms with Gasteiger partial charge < -0.3 is 11.1 Å². The van der Waals surface area contributed by atoms with Crippen molar-refractivity contribution in [2.45, 2.75) is 26.2 Å². The van der Waals surface area contributed by atoms with Gasteiger partial charge in [0.05, 0.1) is 5.69 Å². The summed E-state index contributed by atoms with van der Waals surface area (Å²) < 4.78 is 26.6. The number of rotatable bonds is 6. The summed E-state index contributed by atoms with van der Waals surface area (Å²) in [6.45, 7) is 2.59. The van der Waals surface area contributed by atoms with Crippen LogP contribution >= 0.6 is 15.9 Å². The second kappa shape index (κ2) is 7.55. The molecule has 0 heterocycles. The number of hydrogen-bond donors (Lipinski definition) is 2. The lowest BCUT2D eigenvalue weighted by atomic mass is 10.0. The average Bonchev–Trinajstić information content (AvgIpc) is 2.31. The molecule has 0 spiro atoms.